The molecule has 2 aromatic carbocycles. The fraction of sp³-hybridized carbons (Fsp3) is 0.364. The van der Waals surface area contributed by atoms with Gasteiger partial charge in [-0.1, -0.05) is 18.2 Å². The van der Waals surface area contributed by atoms with E-state index in [1.807, 2.05) is 6.07 Å². The fourth-order valence-corrected chi connectivity index (χ4v) is 3.79. The van der Waals surface area contributed by atoms with Crippen LogP contribution in [0.1, 0.15) is 30.5 Å². The first kappa shape index (κ1) is 21.2. The summed E-state index contributed by atoms with van der Waals surface area (Å²) in [5.41, 5.74) is 1.67. The summed E-state index contributed by atoms with van der Waals surface area (Å²) in [7, 11) is 1.60. The third-order valence-electron chi connectivity index (χ3n) is 5.42. The molecule has 1 aliphatic heterocycles. The van der Waals surface area contributed by atoms with Crippen molar-refractivity contribution in [3.05, 3.63) is 53.5 Å². The van der Waals surface area contributed by atoms with Crippen LogP contribution < -0.4 is 15.0 Å². The highest BCUT2D eigenvalue weighted by Gasteiger charge is 2.21. The SMILES string of the molecule is COc1cc2nncc(N[C@H](C)c3cccc(C(F)F)c3F)c2cc1N1CCOCC1. The molecule has 0 spiro atoms. The van der Waals surface area contributed by atoms with E-state index >= 15 is 0 Å². The molecule has 2 heterocycles. The molecular formula is C22H23F3N4O2. The zero-order valence-electron chi connectivity index (χ0n) is 17.2. The summed E-state index contributed by atoms with van der Waals surface area (Å²) in [4.78, 5) is 2.17. The normalized spacial score (nSPS) is 15.4. The van der Waals surface area contributed by atoms with Gasteiger partial charge >= 0.3 is 0 Å². The van der Waals surface area contributed by atoms with Crippen molar-refractivity contribution in [1.82, 2.24) is 10.2 Å². The van der Waals surface area contributed by atoms with E-state index in [2.05, 4.69) is 20.4 Å². The van der Waals surface area contributed by atoms with Gasteiger partial charge < -0.3 is 19.7 Å². The summed E-state index contributed by atoms with van der Waals surface area (Å²) in [6.07, 6.45) is -1.33. The molecular weight excluding hydrogens is 409 g/mol. The number of nitrogens with one attached hydrogen (secondary N) is 1. The van der Waals surface area contributed by atoms with E-state index in [0.29, 0.717) is 30.2 Å². The number of alkyl halides is 2. The number of morpholine rings is 1. The minimum atomic E-state index is -2.88. The zero-order chi connectivity index (χ0) is 22.0. The number of halogens is 3. The van der Waals surface area contributed by atoms with Crippen LogP contribution in [-0.2, 0) is 4.74 Å². The van der Waals surface area contributed by atoms with E-state index in [1.165, 1.54) is 12.1 Å². The van der Waals surface area contributed by atoms with Crippen LogP contribution in [0.25, 0.3) is 10.9 Å². The zero-order valence-corrected chi connectivity index (χ0v) is 17.2. The number of nitrogens with zero attached hydrogens (tertiary/aromatic N) is 3. The number of aromatic nitrogens is 2. The Bertz CT molecular complexity index is 1070. The molecule has 1 N–H and O–H groups in total. The van der Waals surface area contributed by atoms with Gasteiger partial charge in [0.1, 0.15) is 11.6 Å². The van der Waals surface area contributed by atoms with E-state index in [0.717, 1.165) is 30.2 Å². The van der Waals surface area contributed by atoms with Gasteiger partial charge in [-0.3, -0.25) is 0 Å². The van der Waals surface area contributed by atoms with Gasteiger partial charge in [0.25, 0.3) is 6.43 Å². The van der Waals surface area contributed by atoms with Gasteiger partial charge in [0.05, 0.1) is 55.0 Å². The van der Waals surface area contributed by atoms with Gasteiger partial charge in [-0.05, 0) is 13.0 Å². The third-order valence-corrected chi connectivity index (χ3v) is 5.42. The quantitative estimate of drug-likeness (QED) is 0.608. The Morgan fingerprint density at radius 1 is 1.16 bits per heavy atom. The van der Waals surface area contributed by atoms with Crippen LogP contribution in [0.2, 0.25) is 0 Å². The minimum Gasteiger partial charge on any atom is -0.495 e. The standard InChI is InChI=1S/C22H23F3N4O2/c1-13(14-4-3-5-15(21(14)23)22(24)25)27-18-12-26-28-17-11-20(30-2)19(10-16(17)18)29-6-8-31-9-7-29/h3-5,10-13,22H,6-9H2,1-2H3,(H,27,28)/t13-/m1/s1. The number of hydrogen-bond acceptors (Lipinski definition) is 6. The predicted molar refractivity (Wildman–Crippen MR) is 113 cm³/mol. The number of benzene rings is 2. The lowest BCUT2D eigenvalue weighted by atomic mass is 10.0. The largest absolute Gasteiger partial charge is 0.495 e. The lowest BCUT2D eigenvalue weighted by Gasteiger charge is -2.30. The molecule has 4 rings (SSSR count). The smallest absolute Gasteiger partial charge is 0.266 e. The minimum absolute atomic E-state index is 0.157. The van der Waals surface area contributed by atoms with Crippen molar-refractivity contribution in [1.29, 1.82) is 0 Å². The van der Waals surface area contributed by atoms with Gasteiger partial charge in [-0.15, -0.1) is 0 Å². The summed E-state index contributed by atoms with van der Waals surface area (Å²) in [5, 5.41) is 12.2. The molecule has 0 radical (unpaired) electrons. The lowest BCUT2D eigenvalue weighted by molar-refractivity contribution is 0.122. The molecule has 0 unspecified atom stereocenters. The van der Waals surface area contributed by atoms with Crippen molar-refractivity contribution in [2.24, 2.45) is 0 Å². The molecule has 1 fully saturated rings. The van der Waals surface area contributed by atoms with E-state index < -0.39 is 23.8 Å². The molecule has 9 heteroatoms. The van der Waals surface area contributed by atoms with E-state index in [4.69, 9.17) is 9.47 Å². The van der Waals surface area contributed by atoms with Gasteiger partial charge in [0.15, 0.2) is 0 Å². The van der Waals surface area contributed by atoms with Crippen molar-refractivity contribution in [2.75, 3.05) is 43.6 Å². The topological polar surface area (TPSA) is 59.5 Å². The molecule has 0 bridgehead atoms. The molecule has 1 aliphatic rings. The van der Waals surface area contributed by atoms with Crippen LogP contribution in [0.4, 0.5) is 24.5 Å². The van der Waals surface area contributed by atoms with Crippen LogP contribution in [-0.4, -0.2) is 43.6 Å². The molecule has 0 amide bonds. The number of ether oxygens (including phenoxy) is 2. The first-order valence-corrected chi connectivity index (χ1v) is 9.98. The van der Waals surface area contributed by atoms with E-state index in [1.54, 1.807) is 26.3 Å². The Balaban J connectivity index is 1.72. The van der Waals surface area contributed by atoms with Crippen molar-refractivity contribution in [3.8, 4) is 5.75 Å². The summed E-state index contributed by atoms with van der Waals surface area (Å²) < 4.78 is 51.8. The highest BCUT2D eigenvalue weighted by Crippen LogP contribution is 2.37. The number of anilines is 2. The van der Waals surface area contributed by atoms with Crippen LogP contribution in [0.3, 0.4) is 0 Å². The van der Waals surface area contributed by atoms with Gasteiger partial charge in [0, 0.05) is 30.1 Å². The Morgan fingerprint density at radius 2 is 1.90 bits per heavy atom. The maximum atomic E-state index is 14.6. The average molecular weight is 432 g/mol. The molecule has 1 aromatic heterocycles. The average Bonchev–Trinajstić information content (AvgIpc) is 2.78. The first-order chi connectivity index (χ1) is 15.0. The summed E-state index contributed by atoms with van der Waals surface area (Å²) >= 11 is 0. The fourth-order valence-electron chi connectivity index (χ4n) is 3.79. The maximum absolute atomic E-state index is 14.6. The summed E-state index contributed by atoms with van der Waals surface area (Å²) in [6, 6.07) is 7.22. The van der Waals surface area contributed by atoms with Crippen LogP contribution in [0, 0.1) is 5.82 Å². The Labute approximate surface area is 178 Å². The second-order valence-electron chi connectivity index (χ2n) is 7.32. The van der Waals surface area contributed by atoms with Gasteiger partial charge in [-0.25, -0.2) is 13.2 Å². The molecule has 164 valence electrons. The second-order valence-corrected chi connectivity index (χ2v) is 7.32. The van der Waals surface area contributed by atoms with Crippen LogP contribution in [0.5, 0.6) is 5.75 Å². The van der Waals surface area contributed by atoms with Crippen molar-refractivity contribution < 1.29 is 22.6 Å². The summed E-state index contributed by atoms with van der Waals surface area (Å²) in [6.45, 7) is 4.41. The van der Waals surface area contributed by atoms with Crippen LogP contribution in [0.15, 0.2) is 36.5 Å². The monoisotopic (exact) mass is 432 g/mol. The number of hydrogen-bond donors (Lipinski definition) is 1. The lowest BCUT2D eigenvalue weighted by Crippen LogP contribution is -2.36. The Morgan fingerprint density at radius 3 is 2.61 bits per heavy atom. The van der Waals surface area contributed by atoms with Crippen molar-refractivity contribution in [3.63, 3.8) is 0 Å². The Hall–Kier alpha value is -3.07. The third kappa shape index (κ3) is 4.23. The molecule has 0 aliphatic carbocycles. The molecule has 1 atom stereocenters. The van der Waals surface area contributed by atoms with Crippen LogP contribution >= 0.6 is 0 Å². The highest BCUT2D eigenvalue weighted by atomic mass is 19.3. The predicted octanol–water partition coefficient (Wildman–Crippen LogP) is 4.72. The first-order valence-electron chi connectivity index (χ1n) is 9.98. The number of fused-ring (bicyclic) bond motifs is 1. The van der Waals surface area contributed by atoms with Crippen molar-refractivity contribution in [2.45, 2.75) is 19.4 Å². The number of methoxy groups -OCH3 is 1. The maximum Gasteiger partial charge on any atom is 0.266 e. The van der Waals surface area contributed by atoms with Gasteiger partial charge in [0.2, 0.25) is 0 Å². The molecule has 1 saturated heterocycles. The Kier molecular flexibility index (Phi) is 6.13. The molecule has 0 saturated carbocycles. The highest BCUT2D eigenvalue weighted by molar-refractivity contribution is 5.95. The second kappa shape index (κ2) is 8.97. The molecule has 31 heavy (non-hydrogen) atoms. The number of rotatable bonds is 6. The molecule has 3 aromatic rings. The van der Waals surface area contributed by atoms with E-state index in [9.17, 15) is 13.2 Å². The molecule has 6 nitrogen and oxygen atoms in total. The van der Waals surface area contributed by atoms with Gasteiger partial charge in [-0.2, -0.15) is 10.2 Å². The van der Waals surface area contributed by atoms with E-state index in [-0.39, 0.29) is 5.56 Å². The van der Waals surface area contributed by atoms with Crippen molar-refractivity contribution >= 4 is 22.3 Å². The summed E-state index contributed by atoms with van der Waals surface area (Å²) in [5.74, 6) is -0.232.